The zero-order chi connectivity index (χ0) is 13.1. The predicted molar refractivity (Wildman–Crippen MR) is 75.8 cm³/mol. The minimum Gasteiger partial charge on any atom is -0.376 e. The molecule has 0 aliphatic heterocycles. The molecule has 2 rings (SSSR count). The zero-order valence-electron chi connectivity index (χ0n) is 10.6. The molecule has 0 aliphatic carbocycles. The van der Waals surface area contributed by atoms with Gasteiger partial charge in [-0.15, -0.1) is 0 Å². The van der Waals surface area contributed by atoms with Crippen LogP contribution >= 0.6 is 11.6 Å². The molecule has 1 aromatic heterocycles. The van der Waals surface area contributed by atoms with Crippen molar-refractivity contribution in [2.75, 3.05) is 24.3 Å². The maximum absolute atomic E-state index is 5.85. The summed E-state index contributed by atoms with van der Waals surface area (Å²) in [7, 11) is 4.00. The monoisotopic (exact) mass is 262 g/mol. The molecule has 2 aromatic rings. The Morgan fingerprint density at radius 1 is 1.17 bits per heavy atom. The Hall–Kier alpha value is -1.81. The Kier molecular flexibility index (Phi) is 3.67. The topological polar surface area (TPSA) is 41.0 Å². The quantitative estimate of drug-likeness (QED) is 0.862. The van der Waals surface area contributed by atoms with Crippen LogP contribution in [0.25, 0.3) is 0 Å². The summed E-state index contributed by atoms with van der Waals surface area (Å²) in [5.74, 6) is 0.696. The summed E-state index contributed by atoms with van der Waals surface area (Å²) in [5.41, 5.74) is 2.90. The summed E-state index contributed by atoms with van der Waals surface area (Å²) in [6.45, 7) is 1.89. The molecule has 0 saturated heterocycles. The molecule has 1 N–H and O–H groups in total. The first-order valence-corrected chi connectivity index (χ1v) is 5.98. The van der Waals surface area contributed by atoms with E-state index < -0.39 is 0 Å². The molecule has 5 heteroatoms. The van der Waals surface area contributed by atoms with Crippen LogP contribution in [-0.2, 0) is 0 Å². The Morgan fingerprint density at radius 3 is 2.56 bits per heavy atom. The first kappa shape index (κ1) is 12.6. The average molecular weight is 263 g/mol. The van der Waals surface area contributed by atoms with Crippen molar-refractivity contribution in [1.29, 1.82) is 0 Å². The molecule has 1 aromatic carbocycles. The number of hydrogen-bond donors (Lipinski definition) is 1. The van der Waals surface area contributed by atoms with Crippen molar-refractivity contribution in [3.05, 3.63) is 41.3 Å². The standard InChI is InChI=1S/C13H15ClN4/c1-9-8-12(17-13(14)15-9)16-10-6-4-5-7-11(10)18(2)3/h4-8H,1-3H3,(H,15,16,17). The van der Waals surface area contributed by atoms with Crippen LogP contribution < -0.4 is 10.2 Å². The minimum atomic E-state index is 0.250. The summed E-state index contributed by atoms with van der Waals surface area (Å²) in [6.07, 6.45) is 0. The maximum atomic E-state index is 5.85. The molecule has 0 bridgehead atoms. The van der Waals surface area contributed by atoms with E-state index in [2.05, 4.69) is 15.3 Å². The smallest absolute Gasteiger partial charge is 0.224 e. The third kappa shape index (κ3) is 2.90. The van der Waals surface area contributed by atoms with Crippen LogP contribution in [0.15, 0.2) is 30.3 Å². The zero-order valence-corrected chi connectivity index (χ0v) is 11.4. The largest absolute Gasteiger partial charge is 0.376 e. The van der Waals surface area contributed by atoms with Crippen molar-refractivity contribution in [3.8, 4) is 0 Å². The van der Waals surface area contributed by atoms with E-state index in [0.717, 1.165) is 17.1 Å². The molecule has 0 atom stereocenters. The lowest BCUT2D eigenvalue weighted by molar-refractivity contribution is 1.10. The van der Waals surface area contributed by atoms with E-state index in [9.17, 15) is 0 Å². The number of rotatable bonds is 3. The first-order valence-electron chi connectivity index (χ1n) is 5.61. The molecule has 18 heavy (non-hydrogen) atoms. The minimum absolute atomic E-state index is 0.250. The highest BCUT2D eigenvalue weighted by Crippen LogP contribution is 2.26. The number of nitrogens with zero attached hydrogens (tertiary/aromatic N) is 3. The van der Waals surface area contributed by atoms with Gasteiger partial charge in [0.25, 0.3) is 0 Å². The van der Waals surface area contributed by atoms with E-state index in [4.69, 9.17) is 11.6 Å². The highest BCUT2D eigenvalue weighted by Gasteiger charge is 2.05. The molecule has 0 spiro atoms. The molecule has 0 radical (unpaired) electrons. The van der Waals surface area contributed by atoms with Crippen LogP contribution in [0.4, 0.5) is 17.2 Å². The first-order chi connectivity index (χ1) is 8.56. The predicted octanol–water partition coefficient (Wildman–Crippen LogP) is 3.25. The van der Waals surface area contributed by atoms with Crippen molar-refractivity contribution in [1.82, 2.24) is 9.97 Å². The summed E-state index contributed by atoms with van der Waals surface area (Å²) < 4.78 is 0. The van der Waals surface area contributed by atoms with Gasteiger partial charge in [0, 0.05) is 25.9 Å². The van der Waals surface area contributed by atoms with Gasteiger partial charge in [-0.05, 0) is 30.7 Å². The molecule has 0 aliphatic rings. The van der Waals surface area contributed by atoms with Gasteiger partial charge in [0.05, 0.1) is 11.4 Å². The van der Waals surface area contributed by atoms with Crippen molar-refractivity contribution in [2.45, 2.75) is 6.92 Å². The molecular formula is C13H15ClN4. The number of hydrogen-bond acceptors (Lipinski definition) is 4. The molecule has 0 amide bonds. The van der Waals surface area contributed by atoms with E-state index in [1.54, 1.807) is 0 Å². The second-order valence-corrected chi connectivity index (χ2v) is 4.54. The summed E-state index contributed by atoms with van der Waals surface area (Å²) in [6, 6.07) is 9.88. The molecular weight excluding hydrogens is 248 g/mol. The number of aryl methyl sites for hydroxylation is 1. The third-order valence-electron chi connectivity index (χ3n) is 2.48. The lowest BCUT2D eigenvalue weighted by Gasteiger charge is -2.18. The Balaban J connectivity index is 2.34. The number of aromatic nitrogens is 2. The van der Waals surface area contributed by atoms with E-state index >= 15 is 0 Å². The van der Waals surface area contributed by atoms with E-state index in [1.165, 1.54) is 0 Å². The maximum Gasteiger partial charge on any atom is 0.224 e. The summed E-state index contributed by atoms with van der Waals surface area (Å²) in [5, 5.41) is 3.51. The number of anilines is 3. The summed E-state index contributed by atoms with van der Waals surface area (Å²) in [4.78, 5) is 10.2. The van der Waals surface area contributed by atoms with Gasteiger partial charge in [0.1, 0.15) is 5.82 Å². The van der Waals surface area contributed by atoms with E-state index in [0.29, 0.717) is 5.82 Å². The van der Waals surface area contributed by atoms with Crippen molar-refractivity contribution in [3.63, 3.8) is 0 Å². The summed E-state index contributed by atoms with van der Waals surface area (Å²) >= 11 is 5.85. The molecule has 0 unspecified atom stereocenters. The van der Waals surface area contributed by atoms with Gasteiger partial charge in [0.15, 0.2) is 0 Å². The van der Waals surface area contributed by atoms with Crippen molar-refractivity contribution >= 4 is 28.8 Å². The molecule has 4 nitrogen and oxygen atoms in total. The van der Waals surface area contributed by atoms with Crippen LogP contribution in [-0.4, -0.2) is 24.1 Å². The van der Waals surface area contributed by atoms with Gasteiger partial charge in [0.2, 0.25) is 5.28 Å². The number of nitrogens with one attached hydrogen (secondary N) is 1. The van der Waals surface area contributed by atoms with Crippen LogP contribution in [0.1, 0.15) is 5.69 Å². The van der Waals surface area contributed by atoms with Gasteiger partial charge >= 0.3 is 0 Å². The fraction of sp³-hybridized carbons (Fsp3) is 0.231. The normalized spacial score (nSPS) is 10.2. The van der Waals surface area contributed by atoms with Crippen LogP contribution in [0.3, 0.4) is 0 Å². The number of benzene rings is 1. The number of para-hydroxylation sites is 2. The Labute approximate surface area is 112 Å². The Bertz CT molecular complexity index is 534. The molecule has 1 heterocycles. The van der Waals surface area contributed by atoms with Gasteiger partial charge in [-0.3, -0.25) is 0 Å². The van der Waals surface area contributed by atoms with Crippen LogP contribution in [0.5, 0.6) is 0 Å². The van der Waals surface area contributed by atoms with Gasteiger partial charge in [-0.1, -0.05) is 12.1 Å². The lowest BCUT2D eigenvalue weighted by Crippen LogP contribution is -2.11. The van der Waals surface area contributed by atoms with Crippen molar-refractivity contribution in [2.24, 2.45) is 0 Å². The highest BCUT2D eigenvalue weighted by molar-refractivity contribution is 6.28. The fourth-order valence-electron chi connectivity index (χ4n) is 1.70. The van der Waals surface area contributed by atoms with E-state index in [-0.39, 0.29) is 5.28 Å². The van der Waals surface area contributed by atoms with E-state index in [1.807, 2.05) is 56.3 Å². The van der Waals surface area contributed by atoms with Gasteiger partial charge in [-0.2, -0.15) is 0 Å². The lowest BCUT2D eigenvalue weighted by atomic mass is 10.2. The SMILES string of the molecule is Cc1cc(Nc2ccccc2N(C)C)nc(Cl)n1. The molecule has 0 saturated carbocycles. The van der Waals surface area contributed by atoms with Gasteiger partial charge < -0.3 is 10.2 Å². The molecule has 0 fully saturated rings. The second kappa shape index (κ2) is 5.23. The van der Waals surface area contributed by atoms with Gasteiger partial charge in [-0.25, -0.2) is 9.97 Å². The van der Waals surface area contributed by atoms with Crippen molar-refractivity contribution < 1.29 is 0 Å². The third-order valence-corrected chi connectivity index (χ3v) is 2.64. The molecule has 94 valence electrons. The van der Waals surface area contributed by atoms with Crippen LogP contribution in [0.2, 0.25) is 5.28 Å². The Morgan fingerprint density at radius 2 is 1.89 bits per heavy atom. The highest BCUT2D eigenvalue weighted by atomic mass is 35.5. The number of halogens is 1. The fourth-order valence-corrected chi connectivity index (χ4v) is 1.93. The van der Waals surface area contributed by atoms with Crippen LogP contribution in [0, 0.1) is 6.92 Å². The average Bonchev–Trinajstić information content (AvgIpc) is 2.27. The second-order valence-electron chi connectivity index (χ2n) is 4.20.